The molecule has 0 atom stereocenters. The first-order valence-electron chi connectivity index (χ1n) is 8.40. The average molecular weight is 353 g/mol. The van der Waals surface area contributed by atoms with Crippen LogP contribution in [-0.2, 0) is 14.8 Å². The van der Waals surface area contributed by atoms with E-state index in [1.807, 2.05) is 19.1 Å². The number of aryl methyl sites for hydroxylation is 1. The van der Waals surface area contributed by atoms with E-state index < -0.39 is 10.0 Å². The van der Waals surface area contributed by atoms with Crippen LogP contribution in [0.25, 0.3) is 0 Å². The third-order valence-electron chi connectivity index (χ3n) is 4.18. The van der Waals surface area contributed by atoms with Crippen molar-refractivity contribution in [2.75, 3.05) is 43.3 Å². The van der Waals surface area contributed by atoms with Gasteiger partial charge < -0.3 is 10.2 Å². The van der Waals surface area contributed by atoms with Gasteiger partial charge >= 0.3 is 0 Å². The number of hydrogen-bond donors (Lipinski definition) is 1. The molecule has 1 saturated heterocycles. The predicted molar refractivity (Wildman–Crippen MR) is 96.7 cm³/mol. The molecule has 0 aromatic heterocycles. The van der Waals surface area contributed by atoms with E-state index in [1.54, 1.807) is 12.1 Å². The van der Waals surface area contributed by atoms with Gasteiger partial charge in [-0.1, -0.05) is 17.7 Å². The number of carbonyl (C=O) groups is 1. The van der Waals surface area contributed by atoms with E-state index in [2.05, 4.69) is 10.2 Å². The van der Waals surface area contributed by atoms with Gasteiger partial charge in [0.1, 0.15) is 6.54 Å². The topological polar surface area (TPSA) is 69.7 Å². The molecule has 134 valence electrons. The summed E-state index contributed by atoms with van der Waals surface area (Å²) in [6.45, 7) is 5.58. The van der Waals surface area contributed by atoms with E-state index in [-0.39, 0.29) is 12.5 Å². The van der Waals surface area contributed by atoms with Crippen LogP contribution in [0.1, 0.15) is 24.8 Å². The quantitative estimate of drug-likeness (QED) is 0.717. The van der Waals surface area contributed by atoms with E-state index in [9.17, 15) is 13.2 Å². The predicted octanol–water partition coefficient (Wildman–Crippen LogP) is 1.36. The van der Waals surface area contributed by atoms with Crippen molar-refractivity contribution in [2.24, 2.45) is 0 Å². The first-order chi connectivity index (χ1) is 11.4. The van der Waals surface area contributed by atoms with Crippen LogP contribution in [0.3, 0.4) is 0 Å². The Bertz CT molecular complexity index is 638. The fraction of sp³-hybridized carbons (Fsp3) is 0.588. The van der Waals surface area contributed by atoms with Crippen molar-refractivity contribution in [3.63, 3.8) is 0 Å². The number of rotatable bonds is 8. The van der Waals surface area contributed by atoms with Crippen molar-refractivity contribution in [1.29, 1.82) is 0 Å². The monoisotopic (exact) mass is 353 g/mol. The molecule has 1 aromatic rings. The van der Waals surface area contributed by atoms with Crippen LogP contribution in [0.4, 0.5) is 5.69 Å². The van der Waals surface area contributed by atoms with Crippen LogP contribution >= 0.6 is 0 Å². The van der Waals surface area contributed by atoms with E-state index in [4.69, 9.17) is 0 Å². The summed E-state index contributed by atoms with van der Waals surface area (Å²) >= 11 is 0. The van der Waals surface area contributed by atoms with Crippen LogP contribution in [0.15, 0.2) is 24.3 Å². The molecule has 1 heterocycles. The largest absolute Gasteiger partial charge is 0.354 e. The highest BCUT2D eigenvalue weighted by Gasteiger charge is 2.20. The van der Waals surface area contributed by atoms with Gasteiger partial charge in [-0.3, -0.25) is 9.10 Å². The lowest BCUT2D eigenvalue weighted by molar-refractivity contribution is -0.119. The highest BCUT2D eigenvalue weighted by molar-refractivity contribution is 7.92. The van der Waals surface area contributed by atoms with Crippen LogP contribution in [-0.4, -0.2) is 58.2 Å². The molecular formula is C17H27N3O3S. The number of anilines is 1. The third kappa shape index (κ3) is 5.79. The summed E-state index contributed by atoms with van der Waals surface area (Å²) in [6, 6.07) is 7.11. The van der Waals surface area contributed by atoms with Gasteiger partial charge in [-0.25, -0.2) is 8.42 Å². The van der Waals surface area contributed by atoms with Crippen LogP contribution < -0.4 is 9.62 Å². The maximum Gasteiger partial charge on any atom is 0.240 e. The van der Waals surface area contributed by atoms with Crippen molar-refractivity contribution in [3.8, 4) is 0 Å². The fourth-order valence-corrected chi connectivity index (χ4v) is 3.69. The lowest BCUT2D eigenvalue weighted by atomic mass is 10.2. The second-order valence-corrected chi connectivity index (χ2v) is 8.26. The van der Waals surface area contributed by atoms with Crippen molar-refractivity contribution >= 4 is 21.6 Å². The Morgan fingerprint density at radius 2 is 1.83 bits per heavy atom. The van der Waals surface area contributed by atoms with Crippen molar-refractivity contribution < 1.29 is 13.2 Å². The summed E-state index contributed by atoms with van der Waals surface area (Å²) in [6.07, 6.45) is 4.51. The number of likely N-dealkylation sites (tertiary alicyclic amines) is 1. The number of hydrogen-bond acceptors (Lipinski definition) is 4. The maximum atomic E-state index is 12.1. The Labute approximate surface area is 144 Å². The minimum atomic E-state index is -3.51. The molecule has 1 amide bonds. The molecule has 6 nitrogen and oxygen atoms in total. The number of nitrogens with one attached hydrogen (secondary N) is 1. The Hall–Kier alpha value is -1.60. The fourth-order valence-electron chi connectivity index (χ4n) is 2.83. The molecule has 0 unspecified atom stereocenters. The van der Waals surface area contributed by atoms with Gasteiger partial charge in [0.25, 0.3) is 0 Å². The molecule has 2 rings (SSSR count). The van der Waals surface area contributed by atoms with Crippen molar-refractivity contribution in [3.05, 3.63) is 29.8 Å². The first-order valence-corrected chi connectivity index (χ1v) is 10.2. The van der Waals surface area contributed by atoms with E-state index in [0.29, 0.717) is 12.2 Å². The van der Waals surface area contributed by atoms with E-state index in [0.717, 1.165) is 42.2 Å². The summed E-state index contributed by atoms with van der Waals surface area (Å²) in [4.78, 5) is 14.5. The zero-order valence-electron chi connectivity index (χ0n) is 14.5. The molecule has 24 heavy (non-hydrogen) atoms. The molecule has 1 aliphatic rings. The lowest BCUT2D eigenvalue weighted by Crippen LogP contribution is -2.41. The number of nitrogens with zero attached hydrogens (tertiary/aromatic N) is 2. The van der Waals surface area contributed by atoms with Crippen LogP contribution in [0, 0.1) is 6.92 Å². The summed E-state index contributed by atoms with van der Waals surface area (Å²) < 4.78 is 25.1. The standard InChI is InChI=1S/C17H27N3O3S/c1-15-6-8-16(9-7-15)20(24(2,22)23)14-17(21)18-10-5-13-19-11-3-4-12-19/h6-9H,3-5,10-14H2,1-2H3,(H,18,21). The summed E-state index contributed by atoms with van der Waals surface area (Å²) in [5, 5.41) is 2.82. The normalized spacial score (nSPS) is 15.4. The Balaban J connectivity index is 1.84. The zero-order chi connectivity index (χ0) is 17.6. The van der Waals surface area contributed by atoms with Gasteiger partial charge in [0.2, 0.25) is 15.9 Å². The van der Waals surface area contributed by atoms with Crippen LogP contribution in [0.5, 0.6) is 0 Å². The highest BCUT2D eigenvalue weighted by Crippen LogP contribution is 2.17. The number of sulfonamides is 1. The Morgan fingerprint density at radius 1 is 1.21 bits per heavy atom. The molecule has 0 bridgehead atoms. The molecule has 1 N–H and O–H groups in total. The Kier molecular flexibility index (Phi) is 6.62. The second-order valence-electron chi connectivity index (χ2n) is 6.36. The Morgan fingerprint density at radius 3 is 2.42 bits per heavy atom. The second kappa shape index (κ2) is 8.48. The molecule has 1 aliphatic heterocycles. The number of carbonyl (C=O) groups excluding carboxylic acids is 1. The molecule has 1 fully saturated rings. The molecule has 0 spiro atoms. The summed E-state index contributed by atoms with van der Waals surface area (Å²) in [5.74, 6) is -0.276. The summed E-state index contributed by atoms with van der Waals surface area (Å²) in [5.41, 5.74) is 1.55. The molecule has 7 heteroatoms. The minimum Gasteiger partial charge on any atom is -0.354 e. The van der Waals surface area contributed by atoms with Gasteiger partial charge in [0.05, 0.1) is 11.9 Å². The number of benzene rings is 1. The molecule has 1 aromatic carbocycles. The third-order valence-corrected chi connectivity index (χ3v) is 5.32. The molecule has 0 aliphatic carbocycles. The molecule has 0 saturated carbocycles. The maximum absolute atomic E-state index is 12.1. The molecular weight excluding hydrogens is 326 g/mol. The van der Waals surface area contributed by atoms with Gasteiger partial charge in [-0.2, -0.15) is 0 Å². The van der Waals surface area contributed by atoms with Gasteiger partial charge in [-0.15, -0.1) is 0 Å². The van der Waals surface area contributed by atoms with Crippen molar-refractivity contribution in [1.82, 2.24) is 10.2 Å². The van der Waals surface area contributed by atoms with E-state index >= 15 is 0 Å². The first kappa shape index (κ1) is 18.7. The molecule has 0 radical (unpaired) electrons. The van der Waals surface area contributed by atoms with E-state index in [1.165, 1.54) is 12.8 Å². The van der Waals surface area contributed by atoms with Gasteiger partial charge in [0, 0.05) is 6.54 Å². The van der Waals surface area contributed by atoms with Gasteiger partial charge in [-0.05, 0) is 58.0 Å². The lowest BCUT2D eigenvalue weighted by Gasteiger charge is -2.22. The SMILES string of the molecule is Cc1ccc(N(CC(=O)NCCCN2CCCC2)S(C)(=O)=O)cc1. The van der Waals surface area contributed by atoms with Crippen molar-refractivity contribution in [2.45, 2.75) is 26.2 Å². The number of amides is 1. The van der Waals surface area contributed by atoms with Gasteiger partial charge in [0.15, 0.2) is 0 Å². The zero-order valence-corrected chi connectivity index (χ0v) is 15.3. The van der Waals surface area contributed by atoms with Crippen LogP contribution in [0.2, 0.25) is 0 Å². The smallest absolute Gasteiger partial charge is 0.240 e. The summed E-state index contributed by atoms with van der Waals surface area (Å²) in [7, 11) is -3.51. The minimum absolute atomic E-state index is 0.189. The average Bonchev–Trinajstić information content (AvgIpc) is 3.02. The highest BCUT2D eigenvalue weighted by atomic mass is 32.2.